The molecule has 1 rings (SSSR count). The Kier molecular flexibility index (Phi) is 11.2. The van der Waals surface area contributed by atoms with E-state index < -0.39 is 63.5 Å². The predicted octanol–water partition coefficient (Wildman–Crippen LogP) is -4.68. The molecule has 1 aromatic carbocycles. The third-order valence-electron chi connectivity index (χ3n) is 3.05. The van der Waals surface area contributed by atoms with Crippen molar-refractivity contribution in [2.24, 2.45) is 0 Å². The van der Waals surface area contributed by atoms with E-state index in [0.717, 1.165) is 12.1 Å². The van der Waals surface area contributed by atoms with E-state index in [1.807, 2.05) is 0 Å². The minimum Gasteiger partial charge on any atom is -0.487 e. The summed E-state index contributed by atoms with van der Waals surface area (Å²) >= 11 is 0. The van der Waals surface area contributed by atoms with Crippen LogP contribution in [0.1, 0.15) is 20.7 Å². The Labute approximate surface area is 176 Å². The molecule has 1 aromatic rings. The molecule has 0 amide bonds. The van der Waals surface area contributed by atoms with Gasteiger partial charge in [0.2, 0.25) is 0 Å². The fourth-order valence-electron chi connectivity index (χ4n) is 1.88. The van der Waals surface area contributed by atoms with Gasteiger partial charge >= 0.3 is 29.6 Å². The first kappa shape index (κ1) is 25.9. The summed E-state index contributed by atoms with van der Waals surface area (Å²) in [7, 11) is -5.11. The van der Waals surface area contributed by atoms with Crippen LogP contribution in [0.3, 0.4) is 0 Å². The molecule has 0 saturated carbocycles. The van der Waals surface area contributed by atoms with Gasteiger partial charge < -0.3 is 29.9 Å². The second-order valence-corrected chi connectivity index (χ2v) is 6.24. The van der Waals surface area contributed by atoms with Gasteiger partial charge in [-0.2, -0.15) is 26.6 Å². The zero-order chi connectivity index (χ0) is 19.9. The van der Waals surface area contributed by atoms with Crippen LogP contribution in [-0.2, 0) is 19.6 Å². The second kappa shape index (κ2) is 11.7. The molecule has 0 aromatic heterocycles. The summed E-state index contributed by atoms with van der Waals surface area (Å²) in [6.07, 6.45) is -3.06. The van der Waals surface area contributed by atoms with Crippen LogP contribution in [0.5, 0.6) is 0 Å². The normalized spacial score (nSPS) is 13.3. The zero-order valence-corrected chi connectivity index (χ0v) is 17.0. The largest absolute Gasteiger partial charge is 1.00 e. The van der Waals surface area contributed by atoms with Crippen LogP contribution in [-0.4, -0.2) is 84.0 Å². The van der Waals surface area contributed by atoms with Crippen LogP contribution in [0.25, 0.3) is 0 Å². The fraction of sp³-hybridized carbons (Fsp3) is 0.429. The SMILES string of the molecule is O=C(O)c1c[c-]cc(C(=O)OC(COCCO)C(O)CO)c1S(=O)(=O)O.[Na+]. The molecule has 0 spiro atoms. The van der Waals surface area contributed by atoms with Crippen LogP contribution in [0.2, 0.25) is 0 Å². The summed E-state index contributed by atoms with van der Waals surface area (Å²) in [5, 5.41) is 36.3. The summed E-state index contributed by atoms with van der Waals surface area (Å²) in [5.74, 6) is -3.14. The molecule has 0 aliphatic carbocycles. The number of esters is 1. The Bertz CT molecular complexity index is 749. The van der Waals surface area contributed by atoms with Crippen molar-refractivity contribution in [3.8, 4) is 0 Å². The summed E-state index contributed by atoms with van der Waals surface area (Å²) in [6.45, 7) is -1.80. The van der Waals surface area contributed by atoms with Gasteiger partial charge in [0.15, 0.2) is 6.10 Å². The molecule has 11 nitrogen and oxygen atoms in total. The maximum Gasteiger partial charge on any atom is 1.00 e. The number of aromatic carboxylic acids is 1. The molecule has 0 saturated heterocycles. The molecule has 0 aliphatic heterocycles. The average molecular weight is 416 g/mol. The van der Waals surface area contributed by atoms with Crippen molar-refractivity contribution in [2.75, 3.05) is 26.4 Å². The van der Waals surface area contributed by atoms with Gasteiger partial charge in [0, 0.05) is 4.90 Å². The van der Waals surface area contributed by atoms with Gasteiger partial charge in [-0.05, 0) is 11.1 Å². The first-order chi connectivity index (χ1) is 12.1. The number of carboxylic acid groups (broad SMARTS) is 1. The molecule has 0 aliphatic rings. The van der Waals surface area contributed by atoms with Crippen LogP contribution < -0.4 is 29.6 Å². The Morgan fingerprint density at radius 2 is 1.78 bits per heavy atom. The van der Waals surface area contributed by atoms with E-state index in [1.165, 1.54) is 0 Å². The maximum absolute atomic E-state index is 12.2. The van der Waals surface area contributed by atoms with Gasteiger partial charge in [0.05, 0.1) is 26.4 Å². The number of carbonyl (C=O) groups is 2. The molecular weight excluding hydrogens is 399 g/mol. The third kappa shape index (κ3) is 7.44. The van der Waals surface area contributed by atoms with E-state index in [1.54, 1.807) is 0 Å². The van der Waals surface area contributed by atoms with Crippen LogP contribution in [0.4, 0.5) is 0 Å². The summed E-state index contributed by atoms with van der Waals surface area (Å²) in [6, 6.07) is 3.77. The molecule has 0 radical (unpaired) electrons. The smallest absolute Gasteiger partial charge is 0.487 e. The Morgan fingerprint density at radius 3 is 2.26 bits per heavy atom. The predicted molar refractivity (Wildman–Crippen MR) is 82.3 cm³/mol. The van der Waals surface area contributed by atoms with Gasteiger partial charge in [0.1, 0.15) is 6.10 Å². The number of benzene rings is 1. The standard InChI is InChI=1S/C14H17O11S.Na/c15-4-5-24-7-11(10(17)6-16)25-14(20)9-3-1-2-8(13(18)19)12(9)26(21,22)23;/h2-3,10-11,15-17H,4-7H2,(H,18,19)(H,21,22,23);/q-1;+1. The van der Waals surface area contributed by atoms with Gasteiger partial charge in [0.25, 0.3) is 22.1 Å². The Hall–Kier alpha value is -1.09. The first-order valence-electron chi connectivity index (χ1n) is 7.06. The number of ether oxygens (including phenoxy) is 2. The van der Waals surface area contributed by atoms with E-state index in [9.17, 15) is 27.7 Å². The Balaban J connectivity index is 0.00000676. The number of carbonyl (C=O) groups excluding carboxylic acids is 1. The van der Waals surface area contributed by atoms with Crippen molar-refractivity contribution in [2.45, 2.75) is 17.1 Å². The molecule has 0 fully saturated rings. The molecule has 146 valence electrons. The summed E-state index contributed by atoms with van der Waals surface area (Å²) in [4.78, 5) is 22.2. The van der Waals surface area contributed by atoms with E-state index in [-0.39, 0.29) is 42.8 Å². The molecule has 0 heterocycles. The number of hydrogen-bond donors (Lipinski definition) is 5. The van der Waals surface area contributed by atoms with Crippen molar-refractivity contribution < 1.29 is 82.0 Å². The summed E-state index contributed by atoms with van der Waals surface area (Å²) in [5.41, 5.74) is -1.73. The van der Waals surface area contributed by atoms with Crippen LogP contribution >= 0.6 is 0 Å². The quantitative estimate of drug-likeness (QED) is 0.0811. The molecule has 27 heavy (non-hydrogen) atoms. The molecule has 13 heteroatoms. The molecule has 0 bridgehead atoms. The van der Waals surface area contributed by atoms with Crippen molar-refractivity contribution >= 4 is 22.1 Å². The first-order valence-corrected chi connectivity index (χ1v) is 8.50. The second-order valence-electron chi connectivity index (χ2n) is 4.88. The van der Waals surface area contributed by atoms with Crippen LogP contribution in [0.15, 0.2) is 17.0 Å². The van der Waals surface area contributed by atoms with Gasteiger partial charge in [-0.3, -0.25) is 14.1 Å². The van der Waals surface area contributed by atoms with Crippen molar-refractivity contribution in [1.29, 1.82) is 0 Å². The fourth-order valence-corrected chi connectivity index (χ4v) is 2.72. The topological polar surface area (TPSA) is 188 Å². The monoisotopic (exact) mass is 416 g/mol. The van der Waals surface area contributed by atoms with E-state index in [0.29, 0.717) is 0 Å². The third-order valence-corrected chi connectivity index (χ3v) is 4.00. The number of hydrogen-bond acceptors (Lipinski definition) is 9. The van der Waals surface area contributed by atoms with Crippen molar-refractivity contribution in [1.82, 2.24) is 0 Å². The van der Waals surface area contributed by atoms with Gasteiger partial charge in [-0.25, -0.2) is 0 Å². The van der Waals surface area contributed by atoms with E-state index in [4.69, 9.17) is 24.8 Å². The number of aliphatic hydroxyl groups excluding tert-OH is 3. The minimum atomic E-state index is -5.11. The summed E-state index contributed by atoms with van der Waals surface area (Å²) < 4.78 is 42.0. The zero-order valence-electron chi connectivity index (χ0n) is 14.2. The number of rotatable bonds is 10. The molecular formula is C14H17NaO11S. The number of aliphatic hydroxyl groups is 3. The minimum absolute atomic E-state index is 0. The van der Waals surface area contributed by atoms with Gasteiger partial charge in [-0.15, -0.1) is 0 Å². The van der Waals surface area contributed by atoms with E-state index >= 15 is 0 Å². The Morgan fingerprint density at radius 1 is 1.19 bits per heavy atom. The molecule has 2 atom stereocenters. The van der Waals surface area contributed by atoms with E-state index in [2.05, 4.69) is 6.07 Å². The molecule has 2 unspecified atom stereocenters. The van der Waals surface area contributed by atoms with Crippen molar-refractivity contribution in [3.05, 3.63) is 29.3 Å². The average Bonchev–Trinajstić information content (AvgIpc) is 2.58. The number of carboxylic acids is 1. The van der Waals surface area contributed by atoms with Crippen molar-refractivity contribution in [3.63, 3.8) is 0 Å². The maximum atomic E-state index is 12.2. The molecule has 5 N–H and O–H groups in total. The van der Waals surface area contributed by atoms with Crippen LogP contribution in [0, 0.1) is 6.07 Å². The van der Waals surface area contributed by atoms with Gasteiger partial charge in [-0.1, -0.05) is 0 Å².